The van der Waals surface area contributed by atoms with E-state index in [1.54, 1.807) is 31.2 Å². The summed E-state index contributed by atoms with van der Waals surface area (Å²) in [5.41, 5.74) is 1.06. The van der Waals surface area contributed by atoms with Crippen molar-refractivity contribution in [2.45, 2.75) is 6.92 Å². The quantitative estimate of drug-likeness (QED) is 0.900. The number of anilines is 1. The third-order valence-corrected chi connectivity index (χ3v) is 3.10. The van der Waals surface area contributed by atoms with E-state index in [0.717, 1.165) is 4.47 Å². The third-order valence-electron chi connectivity index (χ3n) is 2.28. The molecule has 0 aliphatic carbocycles. The lowest BCUT2D eigenvalue weighted by atomic mass is 10.2. The molecule has 3 nitrogen and oxygen atoms in total. The summed E-state index contributed by atoms with van der Waals surface area (Å²) in [6, 6.07) is 6.89. The minimum atomic E-state index is -0.240. The molecule has 0 bridgehead atoms. The maximum Gasteiger partial charge on any atom is 0.259 e. The highest BCUT2D eigenvalue weighted by atomic mass is 79.9. The second-order valence-corrected chi connectivity index (χ2v) is 4.79. The van der Waals surface area contributed by atoms with E-state index in [2.05, 4.69) is 21.2 Å². The van der Waals surface area contributed by atoms with E-state index in [0.29, 0.717) is 22.0 Å². The van der Waals surface area contributed by atoms with Gasteiger partial charge < -0.3 is 9.73 Å². The highest BCUT2D eigenvalue weighted by Gasteiger charge is 2.13. The Labute approximate surface area is 112 Å². The van der Waals surface area contributed by atoms with Gasteiger partial charge in [0.25, 0.3) is 5.91 Å². The first-order valence-electron chi connectivity index (χ1n) is 4.88. The Morgan fingerprint density at radius 1 is 1.41 bits per heavy atom. The summed E-state index contributed by atoms with van der Waals surface area (Å²) in [5, 5.41) is 3.22. The monoisotopic (exact) mass is 313 g/mol. The molecule has 88 valence electrons. The summed E-state index contributed by atoms with van der Waals surface area (Å²) in [7, 11) is 0. The van der Waals surface area contributed by atoms with E-state index >= 15 is 0 Å². The van der Waals surface area contributed by atoms with Crippen LogP contribution in [0.5, 0.6) is 0 Å². The lowest BCUT2D eigenvalue weighted by molar-refractivity contribution is 0.102. The maximum absolute atomic E-state index is 11.9. The van der Waals surface area contributed by atoms with Gasteiger partial charge in [0.15, 0.2) is 0 Å². The van der Waals surface area contributed by atoms with E-state index in [9.17, 15) is 4.79 Å². The van der Waals surface area contributed by atoms with Crippen molar-refractivity contribution >= 4 is 39.1 Å². The molecule has 0 saturated heterocycles. The molecule has 0 fully saturated rings. The van der Waals surface area contributed by atoms with Crippen molar-refractivity contribution in [2.24, 2.45) is 0 Å². The third kappa shape index (κ3) is 2.70. The second-order valence-electron chi connectivity index (χ2n) is 3.47. The molecule has 0 unspecified atom stereocenters. The van der Waals surface area contributed by atoms with Crippen LogP contribution in [0.3, 0.4) is 0 Å². The molecular formula is C12H9BrClNO2. The molecule has 1 aromatic heterocycles. The van der Waals surface area contributed by atoms with Gasteiger partial charge in [0.05, 0.1) is 22.5 Å². The molecule has 5 heteroatoms. The Hall–Kier alpha value is -1.26. The van der Waals surface area contributed by atoms with Crippen LogP contribution in [-0.2, 0) is 0 Å². The van der Waals surface area contributed by atoms with Crippen LogP contribution in [0.15, 0.2) is 39.4 Å². The molecule has 2 aromatic rings. The number of rotatable bonds is 2. The van der Waals surface area contributed by atoms with Crippen molar-refractivity contribution in [3.05, 3.63) is 51.3 Å². The molecule has 1 heterocycles. The molecule has 0 aliphatic heterocycles. The first kappa shape index (κ1) is 12.2. The number of aryl methyl sites for hydroxylation is 1. The highest BCUT2D eigenvalue weighted by Crippen LogP contribution is 2.26. The van der Waals surface area contributed by atoms with Gasteiger partial charge in [0.1, 0.15) is 5.76 Å². The normalized spacial score (nSPS) is 10.3. The van der Waals surface area contributed by atoms with Crippen LogP contribution in [0.25, 0.3) is 0 Å². The van der Waals surface area contributed by atoms with Gasteiger partial charge >= 0.3 is 0 Å². The van der Waals surface area contributed by atoms with Crippen LogP contribution < -0.4 is 5.32 Å². The van der Waals surface area contributed by atoms with Crippen LogP contribution in [0.2, 0.25) is 5.02 Å². The number of hydrogen-bond acceptors (Lipinski definition) is 2. The Balaban J connectivity index is 2.24. The van der Waals surface area contributed by atoms with Crippen molar-refractivity contribution in [1.82, 2.24) is 0 Å². The zero-order valence-electron chi connectivity index (χ0n) is 8.96. The molecule has 17 heavy (non-hydrogen) atoms. The molecule has 0 spiro atoms. The number of amides is 1. The fraction of sp³-hybridized carbons (Fsp3) is 0.0833. The predicted octanol–water partition coefficient (Wildman–Crippen LogP) is 4.26. The van der Waals surface area contributed by atoms with Gasteiger partial charge in [0.2, 0.25) is 0 Å². The number of hydrogen-bond donors (Lipinski definition) is 1. The number of nitrogens with one attached hydrogen (secondary N) is 1. The first-order valence-corrected chi connectivity index (χ1v) is 6.05. The number of carbonyl (C=O) groups excluding carboxylic acids is 1. The van der Waals surface area contributed by atoms with E-state index in [1.165, 1.54) is 6.26 Å². The van der Waals surface area contributed by atoms with Crippen LogP contribution in [0.4, 0.5) is 5.69 Å². The lowest BCUT2D eigenvalue weighted by Gasteiger charge is -2.06. The van der Waals surface area contributed by atoms with E-state index in [-0.39, 0.29) is 5.91 Å². The van der Waals surface area contributed by atoms with Crippen LogP contribution in [-0.4, -0.2) is 5.91 Å². The summed E-state index contributed by atoms with van der Waals surface area (Å²) < 4.78 is 5.92. The SMILES string of the molecule is Cc1occc1C(=O)Nc1cc(Br)ccc1Cl. The van der Waals surface area contributed by atoms with E-state index in [4.69, 9.17) is 16.0 Å². The summed E-state index contributed by atoms with van der Waals surface area (Å²) in [6.07, 6.45) is 1.48. The van der Waals surface area contributed by atoms with Gasteiger partial charge in [-0.15, -0.1) is 0 Å². The summed E-state index contributed by atoms with van der Waals surface area (Å²) >= 11 is 9.30. The number of benzene rings is 1. The first-order chi connectivity index (χ1) is 8.08. The molecule has 2 rings (SSSR count). The average Bonchev–Trinajstić information content (AvgIpc) is 2.70. The highest BCUT2D eigenvalue weighted by molar-refractivity contribution is 9.10. The molecule has 0 aliphatic rings. The number of halogens is 2. The minimum absolute atomic E-state index is 0.240. The van der Waals surface area contributed by atoms with Crippen LogP contribution >= 0.6 is 27.5 Å². The van der Waals surface area contributed by atoms with Crippen molar-refractivity contribution in [3.63, 3.8) is 0 Å². The molecular weight excluding hydrogens is 305 g/mol. The molecule has 1 amide bonds. The molecule has 0 atom stereocenters. The molecule has 0 radical (unpaired) electrons. The van der Waals surface area contributed by atoms with E-state index in [1.807, 2.05) is 0 Å². The number of carbonyl (C=O) groups is 1. The van der Waals surface area contributed by atoms with Crippen molar-refractivity contribution in [1.29, 1.82) is 0 Å². The van der Waals surface area contributed by atoms with Gasteiger partial charge in [-0.3, -0.25) is 4.79 Å². The average molecular weight is 315 g/mol. The standard InChI is InChI=1S/C12H9BrClNO2/c1-7-9(4-5-17-7)12(16)15-11-6-8(13)2-3-10(11)14/h2-6H,1H3,(H,15,16). The van der Waals surface area contributed by atoms with Gasteiger partial charge in [0, 0.05) is 4.47 Å². The Bertz CT molecular complexity index is 565. The summed E-state index contributed by atoms with van der Waals surface area (Å²) in [4.78, 5) is 11.9. The zero-order chi connectivity index (χ0) is 12.4. The minimum Gasteiger partial charge on any atom is -0.469 e. The van der Waals surface area contributed by atoms with Gasteiger partial charge in [-0.05, 0) is 31.2 Å². The topological polar surface area (TPSA) is 42.2 Å². The maximum atomic E-state index is 11.9. The summed E-state index contributed by atoms with van der Waals surface area (Å²) in [5.74, 6) is 0.338. The second kappa shape index (κ2) is 4.94. The van der Waals surface area contributed by atoms with Crippen molar-refractivity contribution in [3.8, 4) is 0 Å². The fourth-order valence-electron chi connectivity index (χ4n) is 1.40. The fourth-order valence-corrected chi connectivity index (χ4v) is 1.93. The van der Waals surface area contributed by atoms with Gasteiger partial charge in [-0.25, -0.2) is 0 Å². The van der Waals surface area contributed by atoms with Crippen molar-refractivity contribution < 1.29 is 9.21 Å². The molecule has 1 N–H and O–H groups in total. The van der Waals surface area contributed by atoms with Crippen molar-refractivity contribution in [2.75, 3.05) is 5.32 Å². The van der Waals surface area contributed by atoms with Crippen LogP contribution in [0, 0.1) is 6.92 Å². The lowest BCUT2D eigenvalue weighted by Crippen LogP contribution is -2.12. The van der Waals surface area contributed by atoms with E-state index < -0.39 is 0 Å². The predicted molar refractivity (Wildman–Crippen MR) is 70.6 cm³/mol. The number of furan rings is 1. The molecule has 1 aromatic carbocycles. The Morgan fingerprint density at radius 2 is 2.18 bits per heavy atom. The smallest absolute Gasteiger partial charge is 0.259 e. The van der Waals surface area contributed by atoms with Gasteiger partial charge in [-0.2, -0.15) is 0 Å². The summed E-state index contributed by atoms with van der Waals surface area (Å²) in [6.45, 7) is 1.73. The largest absolute Gasteiger partial charge is 0.469 e. The molecule has 0 saturated carbocycles. The zero-order valence-corrected chi connectivity index (χ0v) is 11.3. The Morgan fingerprint density at radius 3 is 2.82 bits per heavy atom. The van der Waals surface area contributed by atoms with Gasteiger partial charge in [-0.1, -0.05) is 27.5 Å². The van der Waals surface area contributed by atoms with Crippen LogP contribution in [0.1, 0.15) is 16.1 Å². The Kier molecular flexibility index (Phi) is 3.54.